The first-order valence-electron chi connectivity index (χ1n) is 5.43. The molecule has 5 nitrogen and oxygen atoms in total. The molecule has 1 amide bonds. The number of rotatable bonds is 4. The maximum Gasteiger partial charge on any atom is 0.282 e. The molecule has 1 aromatic carbocycles. The summed E-state index contributed by atoms with van der Waals surface area (Å²) in [4.78, 5) is 22.9. The van der Waals surface area contributed by atoms with Crippen LogP contribution in [0.4, 0.5) is 10.1 Å². The van der Waals surface area contributed by atoms with Gasteiger partial charge in [-0.1, -0.05) is 0 Å². The van der Waals surface area contributed by atoms with Gasteiger partial charge >= 0.3 is 0 Å². The van der Waals surface area contributed by atoms with Gasteiger partial charge in [0.15, 0.2) is 0 Å². The van der Waals surface area contributed by atoms with Crippen LogP contribution in [0.25, 0.3) is 0 Å². The lowest BCUT2D eigenvalue weighted by atomic mass is 10.1. The van der Waals surface area contributed by atoms with Crippen LogP contribution in [0.3, 0.4) is 0 Å². The van der Waals surface area contributed by atoms with Crippen LogP contribution in [-0.4, -0.2) is 10.8 Å². The lowest BCUT2D eigenvalue weighted by Crippen LogP contribution is -2.23. The van der Waals surface area contributed by atoms with E-state index in [-0.39, 0.29) is 12.1 Å². The molecule has 1 heterocycles. The summed E-state index contributed by atoms with van der Waals surface area (Å²) in [5.41, 5.74) is -0.711. The van der Waals surface area contributed by atoms with Crippen molar-refractivity contribution in [2.24, 2.45) is 0 Å². The first-order valence-corrected chi connectivity index (χ1v) is 7.10. The maximum absolute atomic E-state index is 13.1. The Bertz CT molecular complexity index is 674. The number of nitrogens with zero attached hydrogens (tertiary/aromatic N) is 1. The number of benzene rings is 1. The molecule has 0 radical (unpaired) electrons. The Hall–Kier alpha value is -1.80. The summed E-state index contributed by atoms with van der Waals surface area (Å²) < 4.78 is 14.0. The quantitative estimate of drug-likeness (QED) is 0.671. The number of hydrogen-bond donors (Lipinski definition) is 1. The zero-order valence-corrected chi connectivity index (χ0v) is 12.3. The first-order chi connectivity index (χ1) is 9.49. The summed E-state index contributed by atoms with van der Waals surface area (Å²) in [6.07, 6.45) is 0. The number of nitro groups is 1. The zero-order chi connectivity index (χ0) is 14.7. The van der Waals surface area contributed by atoms with Crippen LogP contribution in [0.2, 0.25) is 0 Å². The molecule has 8 heteroatoms. The van der Waals surface area contributed by atoms with Crippen LogP contribution in [0, 0.1) is 15.9 Å². The van der Waals surface area contributed by atoms with E-state index in [2.05, 4.69) is 21.2 Å². The Kier molecular flexibility index (Phi) is 4.46. The topological polar surface area (TPSA) is 72.2 Å². The van der Waals surface area contributed by atoms with Gasteiger partial charge in [-0.05, 0) is 39.5 Å². The van der Waals surface area contributed by atoms with E-state index in [1.165, 1.54) is 11.3 Å². The molecule has 0 aliphatic carbocycles. The van der Waals surface area contributed by atoms with Crippen molar-refractivity contribution in [2.45, 2.75) is 6.54 Å². The Labute approximate surface area is 125 Å². The van der Waals surface area contributed by atoms with Gasteiger partial charge in [0.1, 0.15) is 11.4 Å². The van der Waals surface area contributed by atoms with E-state index < -0.39 is 22.3 Å². The van der Waals surface area contributed by atoms with Crippen molar-refractivity contribution in [3.63, 3.8) is 0 Å². The van der Waals surface area contributed by atoms with Crippen molar-refractivity contribution >= 4 is 38.9 Å². The molecule has 0 fully saturated rings. The molecule has 0 saturated carbocycles. The highest BCUT2D eigenvalue weighted by Gasteiger charge is 2.20. The minimum Gasteiger partial charge on any atom is -0.347 e. The smallest absolute Gasteiger partial charge is 0.282 e. The Morgan fingerprint density at radius 3 is 2.80 bits per heavy atom. The Morgan fingerprint density at radius 2 is 2.20 bits per heavy atom. The van der Waals surface area contributed by atoms with Gasteiger partial charge in [-0.25, -0.2) is 4.39 Å². The molecular weight excluding hydrogens is 351 g/mol. The van der Waals surface area contributed by atoms with Gasteiger partial charge in [-0.2, -0.15) is 0 Å². The average Bonchev–Trinajstić information content (AvgIpc) is 2.81. The number of nitrogens with one attached hydrogen (secondary N) is 1. The molecule has 0 aliphatic heterocycles. The lowest BCUT2D eigenvalue weighted by Gasteiger charge is -2.05. The molecular formula is C12H8BrFN2O3S. The van der Waals surface area contributed by atoms with Crippen LogP contribution in [0.15, 0.2) is 34.1 Å². The number of nitro benzene ring substituents is 1. The number of amides is 1. The fourth-order valence-electron chi connectivity index (χ4n) is 1.56. The van der Waals surface area contributed by atoms with Gasteiger partial charge in [0.25, 0.3) is 11.6 Å². The molecule has 0 aliphatic rings. The van der Waals surface area contributed by atoms with Crippen LogP contribution < -0.4 is 5.32 Å². The fourth-order valence-corrected chi connectivity index (χ4v) is 2.99. The largest absolute Gasteiger partial charge is 0.347 e. The number of carbonyl (C=O) groups excluding carboxylic acids is 1. The Morgan fingerprint density at radius 1 is 1.45 bits per heavy atom. The summed E-state index contributed by atoms with van der Waals surface area (Å²) in [7, 11) is 0. The predicted molar refractivity (Wildman–Crippen MR) is 76.2 cm³/mol. The third-order valence-corrected chi connectivity index (χ3v) is 4.43. The van der Waals surface area contributed by atoms with Crippen molar-refractivity contribution in [1.29, 1.82) is 0 Å². The molecule has 1 aromatic heterocycles. The third-order valence-electron chi connectivity index (χ3n) is 2.50. The van der Waals surface area contributed by atoms with Crippen LogP contribution in [0.1, 0.15) is 15.2 Å². The van der Waals surface area contributed by atoms with Crippen LogP contribution >= 0.6 is 27.3 Å². The van der Waals surface area contributed by atoms with Crippen molar-refractivity contribution in [1.82, 2.24) is 5.32 Å². The summed E-state index contributed by atoms with van der Waals surface area (Å²) in [6, 6.07) is 4.61. The van der Waals surface area contributed by atoms with Crippen molar-refractivity contribution in [3.8, 4) is 0 Å². The normalized spacial score (nSPS) is 10.3. The van der Waals surface area contributed by atoms with E-state index in [0.717, 1.165) is 27.5 Å². The van der Waals surface area contributed by atoms with Gasteiger partial charge < -0.3 is 5.32 Å². The van der Waals surface area contributed by atoms with Gasteiger partial charge in [0, 0.05) is 15.4 Å². The monoisotopic (exact) mass is 358 g/mol. The lowest BCUT2D eigenvalue weighted by molar-refractivity contribution is -0.385. The number of halogens is 2. The van der Waals surface area contributed by atoms with E-state index in [1.807, 2.05) is 11.4 Å². The predicted octanol–water partition coefficient (Wildman–Crippen LogP) is 3.49. The second-order valence-electron chi connectivity index (χ2n) is 3.79. The average molecular weight is 359 g/mol. The first kappa shape index (κ1) is 14.6. The molecule has 104 valence electrons. The fraction of sp³-hybridized carbons (Fsp3) is 0.0833. The van der Waals surface area contributed by atoms with Gasteiger partial charge in [0.2, 0.25) is 0 Å². The second kappa shape index (κ2) is 6.10. The van der Waals surface area contributed by atoms with E-state index in [1.54, 1.807) is 0 Å². The molecule has 0 spiro atoms. The number of hydrogen-bond acceptors (Lipinski definition) is 4. The third kappa shape index (κ3) is 3.20. The Balaban J connectivity index is 2.19. The molecule has 0 saturated heterocycles. The SMILES string of the molecule is O=C(NCc1sccc1Br)c1cc(F)ccc1[N+](=O)[O-]. The molecule has 20 heavy (non-hydrogen) atoms. The molecule has 2 aromatic rings. The van der Waals surface area contributed by atoms with Crippen LogP contribution in [0.5, 0.6) is 0 Å². The standard InChI is InChI=1S/C12H8BrFN2O3S/c13-9-3-4-20-11(9)6-15-12(17)8-5-7(14)1-2-10(8)16(18)19/h1-5H,6H2,(H,15,17). The van der Waals surface area contributed by atoms with Crippen molar-refractivity contribution in [2.75, 3.05) is 0 Å². The minimum absolute atomic E-state index is 0.213. The van der Waals surface area contributed by atoms with Crippen molar-refractivity contribution in [3.05, 3.63) is 60.5 Å². The zero-order valence-electron chi connectivity index (χ0n) is 9.93. The minimum atomic E-state index is -0.713. The summed E-state index contributed by atoms with van der Waals surface area (Å²) in [5, 5.41) is 15.2. The summed E-state index contributed by atoms with van der Waals surface area (Å²) in [6.45, 7) is 0.213. The van der Waals surface area contributed by atoms with Gasteiger partial charge in [0.05, 0.1) is 11.5 Å². The second-order valence-corrected chi connectivity index (χ2v) is 5.65. The van der Waals surface area contributed by atoms with E-state index in [0.29, 0.717) is 0 Å². The molecule has 2 rings (SSSR count). The van der Waals surface area contributed by atoms with E-state index in [4.69, 9.17) is 0 Å². The van der Waals surface area contributed by atoms with Crippen molar-refractivity contribution < 1.29 is 14.1 Å². The highest BCUT2D eigenvalue weighted by atomic mass is 79.9. The number of thiophene rings is 1. The summed E-state index contributed by atoms with van der Waals surface area (Å²) >= 11 is 4.74. The van der Waals surface area contributed by atoms with E-state index >= 15 is 0 Å². The molecule has 0 bridgehead atoms. The van der Waals surface area contributed by atoms with Crippen LogP contribution in [-0.2, 0) is 6.54 Å². The number of carbonyl (C=O) groups is 1. The molecule has 0 atom stereocenters. The molecule has 1 N–H and O–H groups in total. The summed E-state index contributed by atoms with van der Waals surface area (Å²) in [5.74, 6) is -1.38. The maximum atomic E-state index is 13.1. The highest BCUT2D eigenvalue weighted by molar-refractivity contribution is 9.10. The van der Waals surface area contributed by atoms with Gasteiger partial charge in [-0.15, -0.1) is 11.3 Å². The van der Waals surface area contributed by atoms with E-state index in [9.17, 15) is 19.3 Å². The van der Waals surface area contributed by atoms with Gasteiger partial charge in [-0.3, -0.25) is 14.9 Å². The molecule has 0 unspecified atom stereocenters. The highest BCUT2D eigenvalue weighted by Crippen LogP contribution is 2.23.